The van der Waals surface area contributed by atoms with Crippen LogP contribution in [0.25, 0.3) is 0 Å². The molecule has 0 unspecified atom stereocenters. The van der Waals surface area contributed by atoms with Crippen LogP contribution in [0.4, 0.5) is 11.6 Å². The first-order valence-corrected chi connectivity index (χ1v) is 7.51. The molecular formula is C14H22N4O3. The van der Waals surface area contributed by atoms with Gasteiger partial charge in [-0.05, 0) is 12.8 Å². The van der Waals surface area contributed by atoms with Crippen LogP contribution in [0.15, 0.2) is 0 Å². The molecule has 2 N–H and O–H groups in total. The van der Waals surface area contributed by atoms with E-state index in [4.69, 9.17) is 15.2 Å². The summed E-state index contributed by atoms with van der Waals surface area (Å²) in [4.78, 5) is 14.2. The zero-order chi connectivity index (χ0) is 14.8. The lowest BCUT2D eigenvalue weighted by molar-refractivity contribution is 0.0601. The molecule has 1 saturated heterocycles. The van der Waals surface area contributed by atoms with Gasteiger partial charge in [0, 0.05) is 13.1 Å². The van der Waals surface area contributed by atoms with Gasteiger partial charge in [0.2, 0.25) is 0 Å². The average molecular weight is 294 g/mol. The van der Waals surface area contributed by atoms with E-state index >= 15 is 0 Å². The molecule has 0 aromatic carbocycles. The first kappa shape index (κ1) is 14.2. The smallest absolute Gasteiger partial charge is 0.345 e. The third-order valence-electron chi connectivity index (χ3n) is 4.30. The van der Waals surface area contributed by atoms with E-state index in [0.29, 0.717) is 49.5 Å². The zero-order valence-corrected chi connectivity index (χ0v) is 12.4. The maximum absolute atomic E-state index is 12.1. The Morgan fingerprint density at radius 3 is 2.62 bits per heavy atom. The van der Waals surface area contributed by atoms with E-state index in [0.717, 1.165) is 12.8 Å². The van der Waals surface area contributed by atoms with E-state index in [1.165, 1.54) is 20.0 Å². The van der Waals surface area contributed by atoms with Gasteiger partial charge in [0.15, 0.2) is 5.82 Å². The van der Waals surface area contributed by atoms with Crippen LogP contribution in [0, 0.1) is 0 Å². The Kier molecular flexibility index (Phi) is 4.01. The lowest BCUT2D eigenvalue weighted by Crippen LogP contribution is -2.37. The number of carbonyl (C=O) groups is 1. The van der Waals surface area contributed by atoms with E-state index in [1.807, 2.05) is 4.68 Å². The Balaban J connectivity index is 1.99. The molecule has 3 rings (SSSR count). The van der Waals surface area contributed by atoms with Crippen molar-refractivity contribution in [1.82, 2.24) is 9.78 Å². The number of rotatable bonds is 3. The normalized spacial score (nSPS) is 20.0. The quantitative estimate of drug-likeness (QED) is 0.844. The molecule has 1 saturated carbocycles. The van der Waals surface area contributed by atoms with Crippen molar-refractivity contribution in [3.05, 3.63) is 5.56 Å². The minimum atomic E-state index is -0.418. The largest absolute Gasteiger partial charge is 0.465 e. The maximum atomic E-state index is 12.1. The van der Waals surface area contributed by atoms with Crippen molar-refractivity contribution in [3.8, 4) is 0 Å². The predicted molar refractivity (Wildman–Crippen MR) is 78.5 cm³/mol. The molecule has 2 aliphatic rings. The minimum absolute atomic E-state index is 0.295. The summed E-state index contributed by atoms with van der Waals surface area (Å²) in [6, 6.07) is 0.295. The van der Waals surface area contributed by atoms with Gasteiger partial charge >= 0.3 is 5.97 Å². The fourth-order valence-electron chi connectivity index (χ4n) is 3.16. The summed E-state index contributed by atoms with van der Waals surface area (Å²) in [5.41, 5.74) is 6.60. The topological polar surface area (TPSA) is 82.6 Å². The summed E-state index contributed by atoms with van der Waals surface area (Å²) < 4.78 is 12.1. The Morgan fingerprint density at radius 2 is 2.00 bits per heavy atom. The standard InChI is InChI=1S/C14H22N4O3/c1-20-14(19)11-12(15)18(10-4-2-3-5-10)16-13(11)17-6-8-21-9-7-17/h10H,2-9,15H2,1H3. The van der Waals surface area contributed by atoms with Crippen LogP contribution in [0.3, 0.4) is 0 Å². The number of nitrogen functional groups attached to an aromatic ring is 1. The minimum Gasteiger partial charge on any atom is -0.465 e. The van der Waals surface area contributed by atoms with E-state index < -0.39 is 5.97 Å². The highest BCUT2D eigenvalue weighted by Gasteiger charge is 2.31. The molecule has 1 aromatic heterocycles. The van der Waals surface area contributed by atoms with E-state index in [2.05, 4.69) is 10.00 Å². The second-order valence-corrected chi connectivity index (χ2v) is 5.56. The highest BCUT2D eigenvalue weighted by atomic mass is 16.5. The molecule has 21 heavy (non-hydrogen) atoms. The molecule has 0 amide bonds. The SMILES string of the molecule is COC(=O)c1c(N2CCOCC2)nn(C2CCCC2)c1N. The number of carbonyl (C=O) groups excluding carboxylic acids is 1. The third-order valence-corrected chi connectivity index (χ3v) is 4.30. The van der Waals surface area contributed by atoms with Gasteiger partial charge in [-0.15, -0.1) is 0 Å². The second kappa shape index (κ2) is 5.93. The first-order valence-electron chi connectivity index (χ1n) is 7.51. The molecule has 1 aliphatic carbocycles. The van der Waals surface area contributed by atoms with Crippen LogP contribution >= 0.6 is 0 Å². The number of esters is 1. The lowest BCUT2D eigenvalue weighted by atomic mass is 10.2. The Morgan fingerprint density at radius 1 is 1.33 bits per heavy atom. The maximum Gasteiger partial charge on any atom is 0.345 e. The highest BCUT2D eigenvalue weighted by Crippen LogP contribution is 2.35. The van der Waals surface area contributed by atoms with Gasteiger partial charge in [-0.3, -0.25) is 0 Å². The second-order valence-electron chi connectivity index (χ2n) is 5.56. The summed E-state index contributed by atoms with van der Waals surface area (Å²) in [6.07, 6.45) is 4.50. The number of nitrogens with two attached hydrogens (primary N) is 1. The fraction of sp³-hybridized carbons (Fsp3) is 0.714. The molecule has 0 atom stereocenters. The van der Waals surface area contributed by atoms with Crippen molar-refractivity contribution in [3.63, 3.8) is 0 Å². The van der Waals surface area contributed by atoms with Crippen molar-refractivity contribution < 1.29 is 14.3 Å². The van der Waals surface area contributed by atoms with Crippen molar-refractivity contribution in [1.29, 1.82) is 0 Å². The zero-order valence-electron chi connectivity index (χ0n) is 12.4. The molecule has 7 heteroatoms. The fourth-order valence-corrected chi connectivity index (χ4v) is 3.16. The number of hydrogen-bond acceptors (Lipinski definition) is 6. The predicted octanol–water partition coefficient (Wildman–Crippen LogP) is 1.20. The van der Waals surface area contributed by atoms with Crippen LogP contribution in [-0.4, -0.2) is 49.2 Å². The number of nitrogens with zero attached hydrogens (tertiary/aromatic N) is 3. The lowest BCUT2D eigenvalue weighted by Gasteiger charge is -2.27. The van der Waals surface area contributed by atoms with Gasteiger partial charge in [0.25, 0.3) is 0 Å². The number of morpholine rings is 1. The summed E-state index contributed by atoms with van der Waals surface area (Å²) in [5, 5.41) is 4.65. The van der Waals surface area contributed by atoms with Crippen LogP contribution in [-0.2, 0) is 9.47 Å². The first-order chi connectivity index (χ1) is 10.2. The van der Waals surface area contributed by atoms with Crippen molar-refractivity contribution in [2.45, 2.75) is 31.7 Å². The van der Waals surface area contributed by atoms with Crippen molar-refractivity contribution in [2.24, 2.45) is 0 Å². The van der Waals surface area contributed by atoms with Gasteiger partial charge in [-0.25, -0.2) is 9.48 Å². The molecule has 1 aromatic rings. The van der Waals surface area contributed by atoms with Gasteiger partial charge in [0.1, 0.15) is 11.4 Å². The van der Waals surface area contributed by atoms with Gasteiger partial charge < -0.3 is 20.1 Å². The monoisotopic (exact) mass is 294 g/mol. The Labute approximate surface area is 124 Å². The Bertz CT molecular complexity index is 517. The van der Waals surface area contributed by atoms with E-state index in [1.54, 1.807) is 0 Å². The summed E-state index contributed by atoms with van der Waals surface area (Å²) in [5.74, 6) is 0.642. The Hall–Kier alpha value is -1.76. The van der Waals surface area contributed by atoms with Crippen molar-refractivity contribution in [2.75, 3.05) is 44.0 Å². The van der Waals surface area contributed by atoms with Crippen LogP contribution < -0.4 is 10.6 Å². The van der Waals surface area contributed by atoms with Gasteiger partial charge in [-0.1, -0.05) is 12.8 Å². The van der Waals surface area contributed by atoms with Gasteiger partial charge in [0.05, 0.1) is 26.4 Å². The molecule has 2 heterocycles. The van der Waals surface area contributed by atoms with E-state index in [9.17, 15) is 4.79 Å². The summed E-state index contributed by atoms with van der Waals surface area (Å²) in [6.45, 7) is 2.70. The number of aromatic nitrogens is 2. The van der Waals surface area contributed by atoms with Gasteiger partial charge in [-0.2, -0.15) is 5.10 Å². The average Bonchev–Trinajstić information content (AvgIpc) is 3.15. The van der Waals surface area contributed by atoms with Crippen LogP contribution in [0.5, 0.6) is 0 Å². The van der Waals surface area contributed by atoms with E-state index in [-0.39, 0.29) is 0 Å². The number of hydrogen-bond donors (Lipinski definition) is 1. The molecule has 0 spiro atoms. The molecule has 1 aliphatic heterocycles. The molecule has 2 fully saturated rings. The number of methoxy groups -OCH3 is 1. The third kappa shape index (κ3) is 2.57. The molecule has 7 nitrogen and oxygen atoms in total. The molecule has 0 bridgehead atoms. The molecular weight excluding hydrogens is 272 g/mol. The van der Waals surface area contributed by atoms with Crippen LogP contribution in [0.1, 0.15) is 42.1 Å². The highest BCUT2D eigenvalue weighted by molar-refractivity contribution is 5.99. The van der Waals surface area contributed by atoms with Crippen molar-refractivity contribution >= 4 is 17.6 Å². The summed E-state index contributed by atoms with van der Waals surface area (Å²) in [7, 11) is 1.37. The molecule has 0 radical (unpaired) electrons. The number of anilines is 2. The number of ether oxygens (including phenoxy) is 2. The van der Waals surface area contributed by atoms with Crippen LogP contribution in [0.2, 0.25) is 0 Å². The molecule has 116 valence electrons. The summed E-state index contributed by atoms with van der Waals surface area (Å²) >= 11 is 0.